The summed E-state index contributed by atoms with van der Waals surface area (Å²) in [6.07, 6.45) is 0.963. The lowest BCUT2D eigenvalue weighted by Gasteiger charge is -2.20. The fourth-order valence-corrected chi connectivity index (χ4v) is 2.54. The van der Waals surface area contributed by atoms with Crippen molar-refractivity contribution in [3.05, 3.63) is 0 Å². The first-order chi connectivity index (χ1) is 7.16. The SMILES string of the molecule is CCCNCC(=O)N1CSCC1C(=O)O. The van der Waals surface area contributed by atoms with Gasteiger partial charge in [0, 0.05) is 5.75 Å². The van der Waals surface area contributed by atoms with Crippen LogP contribution in [0.2, 0.25) is 0 Å². The Hall–Kier alpha value is -0.750. The molecule has 1 rings (SSSR count). The Bertz CT molecular complexity index is 248. The molecule has 1 fully saturated rings. The van der Waals surface area contributed by atoms with Crippen LogP contribution in [-0.4, -0.2) is 52.6 Å². The number of nitrogens with zero attached hydrogens (tertiary/aromatic N) is 1. The van der Waals surface area contributed by atoms with Gasteiger partial charge in [-0.05, 0) is 13.0 Å². The van der Waals surface area contributed by atoms with Crippen LogP contribution >= 0.6 is 11.8 Å². The van der Waals surface area contributed by atoms with Gasteiger partial charge in [-0.2, -0.15) is 0 Å². The summed E-state index contributed by atoms with van der Waals surface area (Å²) in [4.78, 5) is 23.9. The van der Waals surface area contributed by atoms with Gasteiger partial charge in [0.2, 0.25) is 5.91 Å². The molecule has 0 bridgehead atoms. The molecule has 1 saturated heterocycles. The van der Waals surface area contributed by atoms with Gasteiger partial charge < -0.3 is 15.3 Å². The Kier molecular flexibility index (Phi) is 4.90. The van der Waals surface area contributed by atoms with Gasteiger partial charge >= 0.3 is 5.97 Å². The van der Waals surface area contributed by atoms with Crippen LogP contribution in [0.25, 0.3) is 0 Å². The van der Waals surface area contributed by atoms with Crippen molar-refractivity contribution in [2.45, 2.75) is 19.4 Å². The maximum atomic E-state index is 11.6. The van der Waals surface area contributed by atoms with Crippen molar-refractivity contribution < 1.29 is 14.7 Å². The number of hydrogen-bond acceptors (Lipinski definition) is 4. The van der Waals surface area contributed by atoms with Gasteiger partial charge in [-0.1, -0.05) is 6.92 Å². The molecule has 15 heavy (non-hydrogen) atoms. The molecule has 0 aliphatic carbocycles. The summed E-state index contributed by atoms with van der Waals surface area (Å²) in [5, 5.41) is 11.9. The van der Waals surface area contributed by atoms with E-state index in [4.69, 9.17) is 5.11 Å². The highest BCUT2D eigenvalue weighted by molar-refractivity contribution is 7.99. The molecule has 0 radical (unpaired) electrons. The van der Waals surface area contributed by atoms with Crippen LogP contribution < -0.4 is 5.32 Å². The smallest absolute Gasteiger partial charge is 0.327 e. The number of thioether (sulfide) groups is 1. The summed E-state index contributed by atoms with van der Waals surface area (Å²) in [6.45, 7) is 3.03. The third kappa shape index (κ3) is 3.39. The molecule has 1 aliphatic rings. The van der Waals surface area contributed by atoms with Gasteiger partial charge in [-0.15, -0.1) is 11.8 Å². The van der Waals surface area contributed by atoms with Crippen LogP contribution in [0.1, 0.15) is 13.3 Å². The predicted molar refractivity (Wildman–Crippen MR) is 58.8 cm³/mol. The van der Waals surface area contributed by atoms with Crippen LogP contribution in [0.4, 0.5) is 0 Å². The number of nitrogens with one attached hydrogen (secondary N) is 1. The average molecular weight is 232 g/mol. The van der Waals surface area contributed by atoms with E-state index in [1.165, 1.54) is 16.7 Å². The molecule has 1 unspecified atom stereocenters. The van der Waals surface area contributed by atoms with Crippen LogP contribution in [0, 0.1) is 0 Å². The number of amides is 1. The Morgan fingerprint density at radius 3 is 2.93 bits per heavy atom. The minimum absolute atomic E-state index is 0.124. The van der Waals surface area contributed by atoms with Crippen molar-refractivity contribution in [1.29, 1.82) is 0 Å². The Balaban J connectivity index is 2.40. The predicted octanol–water partition coefficient (Wildman–Crippen LogP) is -0.0279. The molecule has 0 saturated carbocycles. The molecule has 0 aromatic rings. The average Bonchev–Trinajstić information content (AvgIpc) is 2.66. The van der Waals surface area contributed by atoms with E-state index >= 15 is 0 Å². The van der Waals surface area contributed by atoms with Gasteiger partial charge in [0.1, 0.15) is 6.04 Å². The number of carbonyl (C=O) groups is 2. The number of carbonyl (C=O) groups excluding carboxylic acids is 1. The van der Waals surface area contributed by atoms with E-state index in [9.17, 15) is 9.59 Å². The second kappa shape index (κ2) is 5.97. The quantitative estimate of drug-likeness (QED) is 0.652. The van der Waals surface area contributed by atoms with Crippen molar-refractivity contribution in [1.82, 2.24) is 10.2 Å². The van der Waals surface area contributed by atoms with E-state index in [0.717, 1.165) is 13.0 Å². The summed E-state index contributed by atoms with van der Waals surface area (Å²) in [5.74, 6) is -0.0527. The fraction of sp³-hybridized carbons (Fsp3) is 0.778. The van der Waals surface area contributed by atoms with E-state index in [-0.39, 0.29) is 12.5 Å². The molecule has 2 N–H and O–H groups in total. The van der Waals surface area contributed by atoms with Crippen LogP contribution in [-0.2, 0) is 9.59 Å². The second-order valence-corrected chi connectivity index (χ2v) is 4.39. The van der Waals surface area contributed by atoms with Crippen LogP contribution in [0.3, 0.4) is 0 Å². The maximum absolute atomic E-state index is 11.6. The van der Waals surface area contributed by atoms with Gasteiger partial charge in [0.05, 0.1) is 12.4 Å². The fourth-order valence-electron chi connectivity index (χ4n) is 1.37. The van der Waals surface area contributed by atoms with E-state index < -0.39 is 12.0 Å². The van der Waals surface area contributed by atoms with Crippen LogP contribution in [0.5, 0.6) is 0 Å². The largest absolute Gasteiger partial charge is 0.480 e. The monoisotopic (exact) mass is 232 g/mol. The van der Waals surface area contributed by atoms with E-state index in [0.29, 0.717) is 11.6 Å². The third-order valence-corrected chi connectivity index (χ3v) is 3.20. The van der Waals surface area contributed by atoms with Crippen molar-refractivity contribution in [2.24, 2.45) is 0 Å². The van der Waals surface area contributed by atoms with Gasteiger partial charge in [-0.25, -0.2) is 4.79 Å². The Morgan fingerprint density at radius 1 is 1.60 bits per heavy atom. The number of carboxylic acids is 1. The third-order valence-electron chi connectivity index (χ3n) is 2.19. The van der Waals surface area contributed by atoms with Crippen molar-refractivity contribution in [2.75, 3.05) is 24.7 Å². The number of hydrogen-bond donors (Lipinski definition) is 2. The molecule has 1 aliphatic heterocycles. The first-order valence-corrected chi connectivity index (χ1v) is 6.13. The van der Waals surface area contributed by atoms with Gasteiger partial charge in [-0.3, -0.25) is 4.79 Å². The molecule has 6 heteroatoms. The van der Waals surface area contributed by atoms with Crippen molar-refractivity contribution in [3.8, 4) is 0 Å². The lowest BCUT2D eigenvalue weighted by molar-refractivity contribution is -0.147. The lowest BCUT2D eigenvalue weighted by Crippen LogP contribution is -2.45. The van der Waals surface area contributed by atoms with Crippen LogP contribution in [0.15, 0.2) is 0 Å². The summed E-state index contributed by atoms with van der Waals surface area (Å²) >= 11 is 1.48. The van der Waals surface area contributed by atoms with Gasteiger partial charge in [0.15, 0.2) is 0 Å². The molecule has 0 spiro atoms. The minimum Gasteiger partial charge on any atom is -0.480 e. The number of carboxylic acid groups (broad SMARTS) is 1. The molecular formula is C9H16N2O3S. The Morgan fingerprint density at radius 2 is 2.33 bits per heavy atom. The molecule has 0 aromatic carbocycles. The summed E-state index contributed by atoms with van der Waals surface area (Å²) in [5.41, 5.74) is 0. The first kappa shape index (κ1) is 12.3. The molecule has 0 aromatic heterocycles. The van der Waals surface area contributed by atoms with Gasteiger partial charge in [0.25, 0.3) is 0 Å². The first-order valence-electron chi connectivity index (χ1n) is 4.97. The van der Waals surface area contributed by atoms with Crippen molar-refractivity contribution in [3.63, 3.8) is 0 Å². The summed E-state index contributed by atoms with van der Waals surface area (Å²) < 4.78 is 0. The Labute approximate surface area is 93.2 Å². The molecular weight excluding hydrogens is 216 g/mol. The zero-order valence-corrected chi connectivity index (χ0v) is 9.55. The standard InChI is InChI=1S/C9H16N2O3S/c1-2-3-10-4-8(12)11-6-15-5-7(11)9(13)14/h7,10H,2-6H2,1H3,(H,13,14). The molecule has 1 atom stereocenters. The second-order valence-electron chi connectivity index (χ2n) is 3.39. The highest BCUT2D eigenvalue weighted by atomic mass is 32.2. The van der Waals surface area contributed by atoms with E-state index in [1.807, 2.05) is 6.92 Å². The highest BCUT2D eigenvalue weighted by Gasteiger charge is 2.33. The van der Waals surface area contributed by atoms with E-state index in [2.05, 4.69) is 5.32 Å². The maximum Gasteiger partial charge on any atom is 0.327 e. The molecule has 1 heterocycles. The zero-order chi connectivity index (χ0) is 11.3. The summed E-state index contributed by atoms with van der Waals surface area (Å²) in [7, 11) is 0. The zero-order valence-electron chi connectivity index (χ0n) is 8.73. The van der Waals surface area contributed by atoms with Crippen molar-refractivity contribution >= 4 is 23.6 Å². The molecule has 1 amide bonds. The topological polar surface area (TPSA) is 69.6 Å². The lowest BCUT2D eigenvalue weighted by atomic mass is 10.3. The number of rotatable bonds is 5. The normalized spacial score (nSPS) is 20.6. The highest BCUT2D eigenvalue weighted by Crippen LogP contribution is 2.20. The minimum atomic E-state index is -0.913. The summed E-state index contributed by atoms with van der Waals surface area (Å²) in [6, 6.07) is -0.647. The van der Waals surface area contributed by atoms with E-state index in [1.54, 1.807) is 0 Å². The molecule has 5 nitrogen and oxygen atoms in total. The number of aliphatic carboxylic acids is 1. The molecule has 86 valence electrons.